The van der Waals surface area contributed by atoms with E-state index in [1.165, 1.54) is 0 Å². The molecule has 5 rings (SSSR count). The lowest BCUT2D eigenvalue weighted by Crippen LogP contribution is -2.41. The summed E-state index contributed by atoms with van der Waals surface area (Å²) in [6, 6.07) is 27.8. The third-order valence-electron chi connectivity index (χ3n) is 5.48. The highest BCUT2D eigenvalue weighted by Gasteiger charge is 2.34. The average Bonchev–Trinajstić information content (AvgIpc) is 2.78. The molecule has 2 heterocycles. The van der Waals surface area contributed by atoms with Gasteiger partial charge in [0, 0.05) is 18.2 Å². The van der Waals surface area contributed by atoms with E-state index >= 15 is 0 Å². The molecule has 0 amide bonds. The fourth-order valence-corrected chi connectivity index (χ4v) is 3.91. The molecule has 0 radical (unpaired) electrons. The first-order valence-corrected chi connectivity index (χ1v) is 10.2. The highest BCUT2D eigenvalue weighted by molar-refractivity contribution is 5.78. The Balaban J connectivity index is 1.27. The molecule has 1 N–H and O–H groups in total. The Morgan fingerprint density at radius 1 is 0.933 bits per heavy atom. The Labute approximate surface area is 175 Å². The van der Waals surface area contributed by atoms with Crippen molar-refractivity contribution in [3.8, 4) is 11.5 Å². The van der Waals surface area contributed by atoms with Crippen molar-refractivity contribution in [2.45, 2.75) is 31.7 Å². The Kier molecular flexibility index (Phi) is 4.85. The van der Waals surface area contributed by atoms with E-state index in [0.717, 1.165) is 45.6 Å². The van der Waals surface area contributed by atoms with Gasteiger partial charge >= 0.3 is 0 Å². The van der Waals surface area contributed by atoms with Crippen LogP contribution in [0.5, 0.6) is 11.5 Å². The van der Waals surface area contributed by atoms with Crippen LogP contribution in [0.15, 0.2) is 84.9 Å². The number of ether oxygens (including phenoxy) is 2. The molecule has 4 aromatic rings. The third-order valence-corrected chi connectivity index (χ3v) is 5.48. The predicted octanol–water partition coefficient (Wildman–Crippen LogP) is 5.07. The Morgan fingerprint density at radius 3 is 2.67 bits per heavy atom. The molecule has 3 aromatic carbocycles. The molecule has 1 unspecified atom stereocenters. The van der Waals surface area contributed by atoms with Crippen LogP contribution >= 0.6 is 0 Å². The number of aryl methyl sites for hydroxylation is 1. The molecule has 0 bridgehead atoms. The number of nitrogens with zero attached hydrogens (tertiary/aromatic N) is 1. The van der Waals surface area contributed by atoms with Gasteiger partial charge in [-0.05, 0) is 47.9 Å². The van der Waals surface area contributed by atoms with E-state index in [9.17, 15) is 5.11 Å². The highest BCUT2D eigenvalue weighted by atomic mass is 16.6. The van der Waals surface area contributed by atoms with E-state index < -0.39 is 5.79 Å². The van der Waals surface area contributed by atoms with Crippen molar-refractivity contribution in [3.05, 3.63) is 102 Å². The summed E-state index contributed by atoms with van der Waals surface area (Å²) in [6.07, 6.45) is 1.76. The summed E-state index contributed by atoms with van der Waals surface area (Å²) < 4.78 is 12.0. The molecule has 4 heteroatoms. The molecule has 1 aliphatic heterocycles. The number of aliphatic hydroxyl groups is 1. The van der Waals surface area contributed by atoms with Gasteiger partial charge in [0.05, 0.1) is 11.2 Å². The highest BCUT2D eigenvalue weighted by Crippen LogP contribution is 2.36. The number of pyridine rings is 1. The van der Waals surface area contributed by atoms with Crippen molar-refractivity contribution in [1.82, 2.24) is 4.98 Å². The number of aromatic nitrogens is 1. The van der Waals surface area contributed by atoms with Gasteiger partial charge in [0.15, 0.2) is 0 Å². The minimum Gasteiger partial charge on any atom is -0.487 e. The zero-order chi connectivity index (χ0) is 20.4. The topological polar surface area (TPSA) is 51.6 Å². The summed E-state index contributed by atoms with van der Waals surface area (Å²) in [4.78, 5) is 4.65. The van der Waals surface area contributed by atoms with Crippen molar-refractivity contribution in [1.29, 1.82) is 0 Å². The predicted molar refractivity (Wildman–Crippen MR) is 117 cm³/mol. The smallest absolute Gasteiger partial charge is 0.212 e. The van der Waals surface area contributed by atoms with Crippen LogP contribution in [0.25, 0.3) is 10.9 Å². The van der Waals surface area contributed by atoms with Crippen molar-refractivity contribution < 1.29 is 14.6 Å². The molecule has 1 atom stereocenters. The second-order valence-corrected chi connectivity index (χ2v) is 7.76. The van der Waals surface area contributed by atoms with E-state index in [1.54, 1.807) is 0 Å². The first-order valence-electron chi connectivity index (χ1n) is 10.2. The molecule has 30 heavy (non-hydrogen) atoms. The summed E-state index contributed by atoms with van der Waals surface area (Å²) in [5, 5.41) is 12.0. The lowest BCUT2D eigenvalue weighted by Gasteiger charge is -2.34. The van der Waals surface area contributed by atoms with Gasteiger partial charge in [0.2, 0.25) is 5.79 Å². The van der Waals surface area contributed by atoms with E-state index in [4.69, 9.17) is 9.47 Å². The van der Waals surface area contributed by atoms with Gasteiger partial charge in [-0.15, -0.1) is 0 Å². The fraction of sp³-hybridized carbons (Fsp3) is 0.192. The monoisotopic (exact) mass is 397 g/mol. The summed E-state index contributed by atoms with van der Waals surface area (Å²) in [6.45, 7) is 0.405. The van der Waals surface area contributed by atoms with Crippen LogP contribution in [0.2, 0.25) is 0 Å². The Hall–Kier alpha value is -3.37. The molecule has 0 fully saturated rings. The SMILES string of the molecule is OC1(Cc2ccccc2)CCc2cc(OCc3ccc4ccccc4n3)ccc2O1. The normalized spacial score (nSPS) is 17.9. The first kappa shape index (κ1) is 18.6. The lowest BCUT2D eigenvalue weighted by atomic mass is 9.94. The summed E-state index contributed by atoms with van der Waals surface area (Å²) in [7, 11) is 0. The van der Waals surface area contributed by atoms with Crippen LogP contribution in [0.4, 0.5) is 0 Å². The molecule has 1 aliphatic rings. The number of rotatable bonds is 5. The summed E-state index contributed by atoms with van der Waals surface area (Å²) >= 11 is 0. The van der Waals surface area contributed by atoms with Crippen LogP contribution in [-0.4, -0.2) is 15.9 Å². The maximum absolute atomic E-state index is 10.9. The van der Waals surface area contributed by atoms with Crippen LogP contribution in [0.3, 0.4) is 0 Å². The van der Waals surface area contributed by atoms with Crippen LogP contribution in [-0.2, 0) is 19.4 Å². The van der Waals surface area contributed by atoms with Crippen LogP contribution in [0, 0.1) is 0 Å². The average molecular weight is 397 g/mol. The van der Waals surface area contributed by atoms with E-state index in [2.05, 4.69) is 17.1 Å². The Morgan fingerprint density at radius 2 is 1.77 bits per heavy atom. The zero-order valence-electron chi connectivity index (χ0n) is 16.6. The van der Waals surface area contributed by atoms with E-state index in [1.807, 2.05) is 72.8 Å². The molecule has 0 spiro atoms. The summed E-state index contributed by atoms with van der Waals surface area (Å²) in [5.41, 5.74) is 3.97. The largest absolute Gasteiger partial charge is 0.487 e. The molecular formula is C26H23NO3. The van der Waals surface area contributed by atoms with Gasteiger partial charge in [-0.25, -0.2) is 4.98 Å². The second kappa shape index (κ2) is 7.81. The van der Waals surface area contributed by atoms with Crippen molar-refractivity contribution in [2.24, 2.45) is 0 Å². The van der Waals surface area contributed by atoms with Gasteiger partial charge in [-0.3, -0.25) is 0 Å². The van der Waals surface area contributed by atoms with Crippen molar-refractivity contribution in [2.75, 3.05) is 0 Å². The maximum Gasteiger partial charge on any atom is 0.212 e. The molecule has 0 aliphatic carbocycles. The molecule has 0 saturated carbocycles. The molecule has 1 aromatic heterocycles. The van der Waals surface area contributed by atoms with Gasteiger partial charge in [-0.1, -0.05) is 54.6 Å². The van der Waals surface area contributed by atoms with Crippen LogP contribution < -0.4 is 9.47 Å². The van der Waals surface area contributed by atoms with Crippen LogP contribution in [0.1, 0.15) is 23.2 Å². The standard InChI is InChI=1S/C26H23NO3/c28-26(17-19-6-2-1-3-7-19)15-14-21-16-23(12-13-25(21)30-26)29-18-22-11-10-20-8-4-5-9-24(20)27-22/h1-13,16,28H,14-15,17-18H2. The lowest BCUT2D eigenvalue weighted by molar-refractivity contribution is -0.148. The number of fused-ring (bicyclic) bond motifs is 2. The zero-order valence-corrected chi connectivity index (χ0v) is 16.6. The van der Waals surface area contributed by atoms with Gasteiger partial charge in [-0.2, -0.15) is 0 Å². The van der Waals surface area contributed by atoms with Gasteiger partial charge in [0.25, 0.3) is 0 Å². The third kappa shape index (κ3) is 4.00. The second-order valence-electron chi connectivity index (χ2n) is 7.76. The van der Waals surface area contributed by atoms with Gasteiger partial charge < -0.3 is 14.6 Å². The Bertz CT molecular complexity index is 1180. The molecule has 150 valence electrons. The number of hydrogen-bond acceptors (Lipinski definition) is 4. The molecular weight excluding hydrogens is 374 g/mol. The summed E-state index contributed by atoms with van der Waals surface area (Å²) in [5.74, 6) is 0.322. The number of benzene rings is 3. The minimum absolute atomic E-state index is 0.405. The van der Waals surface area contributed by atoms with E-state index in [0.29, 0.717) is 19.4 Å². The van der Waals surface area contributed by atoms with Crippen molar-refractivity contribution >= 4 is 10.9 Å². The quantitative estimate of drug-likeness (QED) is 0.511. The molecule has 4 nitrogen and oxygen atoms in total. The van der Waals surface area contributed by atoms with Crippen molar-refractivity contribution in [3.63, 3.8) is 0 Å². The number of hydrogen-bond donors (Lipinski definition) is 1. The molecule has 0 saturated heterocycles. The van der Waals surface area contributed by atoms with E-state index in [-0.39, 0.29) is 0 Å². The maximum atomic E-state index is 10.9. The fourth-order valence-electron chi connectivity index (χ4n) is 3.91. The first-order chi connectivity index (χ1) is 14.7. The number of para-hydroxylation sites is 1. The van der Waals surface area contributed by atoms with Gasteiger partial charge in [0.1, 0.15) is 18.1 Å². The minimum atomic E-state index is -1.17.